The molecule has 0 saturated carbocycles. The molecule has 18 heavy (non-hydrogen) atoms. The van der Waals surface area contributed by atoms with Gasteiger partial charge in [0.2, 0.25) is 0 Å². The van der Waals surface area contributed by atoms with Gasteiger partial charge in [-0.25, -0.2) is 0 Å². The van der Waals surface area contributed by atoms with Gasteiger partial charge in [0.25, 0.3) is 0 Å². The lowest BCUT2D eigenvalue weighted by atomic mass is 9.87. The molecule has 0 spiro atoms. The van der Waals surface area contributed by atoms with E-state index in [0.717, 1.165) is 12.8 Å². The van der Waals surface area contributed by atoms with Gasteiger partial charge in [-0.3, -0.25) is 0 Å². The van der Waals surface area contributed by atoms with Crippen molar-refractivity contribution >= 4 is 5.84 Å². The summed E-state index contributed by atoms with van der Waals surface area (Å²) in [4.78, 5) is 0. The van der Waals surface area contributed by atoms with E-state index in [0.29, 0.717) is 13.2 Å². The first-order valence-corrected chi connectivity index (χ1v) is 6.16. The summed E-state index contributed by atoms with van der Waals surface area (Å²) in [6.45, 7) is 5.22. The minimum absolute atomic E-state index is 0.269. The monoisotopic (exact) mass is 250 g/mol. The lowest BCUT2D eigenvalue weighted by molar-refractivity contribution is 0.112. The van der Waals surface area contributed by atoms with Gasteiger partial charge in [-0.05, 0) is 18.4 Å². The molecule has 100 valence electrons. The predicted octanol–water partition coefficient (Wildman–Crippen LogP) is 2.76. The Kier molecular flexibility index (Phi) is 5.65. The number of ether oxygens (including phenoxy) is 1. The molecule has 0 unspecified atom stereocenters. The first kappa shape index (κ1) is 14.5. The third-order valence-electron chi connectivity index (χ3n) is 3.00. The summed E-state index contributed by atoms with van der Waals surface area (Å²) in [5.41, 5.74) is 6.50. The molecule has 0 saturated heterocycles. The van der Waals surface area contributed by atoms with Crippen LogP contribution in [0.5, 0.6) is 0 Å². The number of oxime groups is 1. The smallest absolute Gasteiger partial charge is 0.144 e. The number of hydrogen-bond donors (Lipinski definition) is 2. The van der Waals surface area contributed by atoms with Gasteiger partial charge >= 0.3 is 0 Å². The van der Waals surface area contributed by atoms with Gasteiger partial charge in [0, 0.05) is 12.0 Å². The van der Waals surface area contributed by atoms with E-state index >= 15 is 0 Å². The molecule has 4 heteroatoms. The zero-order chi connectivity index (χ0) is 13.4. The molecule has 0 atom stereocenters. The SMILES string of the molecule is CC(C)(CCCOCc1ccccc1)C(N)=NO. The molecule has 3 N–H and O–H groups in total. The Hall–Kier alpha value is -1.55. The molecular formula is C14H22N2O2. The molecule has 1 aromatic rings. The van der Waals surface area contributed by atoms with Crippen molar-refractivity contribution in [2.75, 3.05) is 6.61 Å². The summed E-state index contributed by atoms with van der Waals surface area (Å²) >= 11 is 0. The van der Waals surface area contributed by atoms with Crippen LogP contribution in [0.2, 0.25) is 0 Å². The predicted molar refractivity (Wildman–Crippen MR) is 72.5 cm³/mol. The van der Waals surface area contributed by atoms with Crippen molar-refractivity contribution in [3.05, 3.63) is 35.9 Å². The maximum absolute atomic E-state index is 8.65. The van der Waals surface area contributed by atoms with Crippen molar-refractivity contribution in [3.8, 4) is 0 Å². The normalized spacial score (nSPS) is 12.7. The fourth-order valence-electron chi connectivity index (χ4n) is 1.64. The third kappa shape index (κ3) is 4.75. The summed E-state index contributed by atoms with van der Waals surface area (Å²) in [5.74, 6) is 0.269. The molecular weight excluding hydrogens is 228 g/mol. The van der Waals surface area contributed by atoms with E-state index in [1.807, 2.05) is 44.2 Å². The molecule has 0 fully saturated rings. The summed E-state index contributed by atoms with van der Waals surface area (Å²) in [6.07, 6.45) is 1.72. The fraction of sp³-hybridized carbons (Fsp3) is 0.500. The van der Waals surface area contributed by atoms with Gasteiger partial charge in [0.1, 0.15) is 5.84 Å². The average molecular weight is 250 g/mol. The van der Waals surface area contributed by atoms with Crippen molar-refractivity contribution in [1.29, 1.82) is 0 Å². The van der Waals surface area contributed by atoms with Gasteiger partial charge in [-0.2, -0.15) is 0 Å². The van der Waals surface area contributed by atoms with Gasteiger partial charge in [-0.1, -0.05) is 49.3 Å². The third-order valence-corrected chi connectivity index (χ3v) is 3.00. The summed E-state index contributed by atoms with van der Waals surface area (Å²) in [6, 6.07) is 10.1. The van der Waals surface area contributed by atoms with Gasteiger partial charge in [0.15, 0.2) is 0 Å². The van der Waals surface area contributed by atoms with Crippen LogP contribution in [-0.2, 0) is 11.3 Å². The molecule has 0 aliphatic rings. The topological polar surface area (TPSA) is 67.8 Å². The Bertz CT molecular complexity index is 375. The lowest BCUT2D eigenvalue weighted by Crippen LogP contribution is -2.32. The summed E-state index contributed by atoms with van der Waals surface area (Å²) in [5, 5.41) is 11.7. The number of nitrogens with two attached hydrogens (primary N) is 1. The highest BCUT2D eigenvalue weighted by Gasteiger charge is 2.22. The Balaban J connectivity index is 2.20. The molecule has 0 heterocycles. The Morgan fingerprint density at radius 1 is 1.33 bits per heavy atom. The minimum Gasteiger partial charge on any atom is -0.409 e. The zero-order valence-corrected chi connectivity index (χ0v) is 11.1. The minimum atomic E-state index is -0.287. The van der Waals surface area contributed by atoms with E-state index in [9.17, 15) is 0 Å². The quantitative estimate of drug-likeness (QED) is 0.257. The highest BCUT2D eigenvalue weighted by Crippen LogP contribution is 2.22. The van der Waals surface area contributed by atoms with Crippen molar-refractivity contribution in [1.82, 2.24) is 0 Å². The van der Waals surface area contributed by atoms with Crippen LogP contribution in [-0.4, -0.2) is 17.6 Å². The maximum Gasteiger partial charge on any atom is 0.144 e. The molecule has 0 aromatic heterocycles. The van der Waals surface area contributed by atoms with Crippen molar-refractivity contribution in [2.45, 2.75) is 33.3 Å². The highest BCUT2D eigenvalue weighted by molar-refractivity contribution is 5.85. The standard InChI is InChI=1S/C14H22N2O2/c1-14(2,13(15)16-17)9-6-10-18-11-12-7-4-3-5-8-12/h3-5,7-8,17H,6,9-11H2,1-2H3,(H2,15,16). The largest absolute Gasteiger partial charge is 0.409 e. The Morgan fingerprint density at radius 2 is 2.00 bits per heavy atom. The molecule has 4 nitrogen and oxygen atoms in total. The molecule has 0 bridgehead atoms. The van der Waals surface area contributed by atoms with Gasteiger partial charge in [0.05, 0.1) is 6.61 Å². The average Bonchev–Trinajstić information content (AvgIpc) is 2.38. The van der Waals surface area contributed by atoms with Gasteiger partial charge in [-0.15, -0.1) is 0 Å². The number of hydrogen-bond acceptors (Lipinski definition) is 3. The van der Waals surface area contributed by atoms with E-state index in [-0.39, 0.29) is 11.3 Å². The molecule has 0 amide bonds. The first-order valence-electron chi connectivity index (χ1n) is 6.16. The fourth-order valence-corrected chi connectivity index (χ4v) is 1.64. The van der Waals surface area contributed by atoms with Crippen LogP contribution in [0, 0.1) is 5.41 Å². The summed E-state index contributed by atoms with van der Waals surface area (Å²) in [7, 11) is 0. The van der Waals surface area contributed by atoms with Gasteiger partial charge < -0.3 is 15.7 Å². The van der Waals surface area contributed by atoms with Crippen molar-refractivity contribution in [2.24, 2.45) is 16.3 Å². The second-order valence-electron chi connectivity index (χ2n) is 5.01. The van der Waals surface area contributed by atoms with E-state index in [1.54, 1.807) is 0 Å². The second kappa shape index (κ2) is 7.01. The van der Waals surface area contributed by atoms with Crippen LogP contribution in [0.4, 0.5) is 0 Å². The van der Waals surface area contributed by atoms with E-state index in [1.165, 1.54) is 5.56 Å². The summed E-state index contributed by atoms with van der Waals surface area (Å²) < 4.78 is 5.59. The second-order valence-corrected chi connectivity index (χ2v) is 5.01. The zero-order valence-electron chi connectivity index (χ0n) is 11.1. The molecule has 1 aromatic carbocycles. The Labute approximate surface area is 108 Å². The number of benzene rings is 1. The number of amidine groups is 1. The van der Waals surface area contributed by atoms with Crippen LogP contribution in [0.3, 0.4) is 0 Å². The Morgan fingerprint density at radius 3 is 2.61 bits per heavy atom. The molecule has 0 aliphatic carbocycles. The van der Waals surface area contributed by atoms with Crippen LogP contribution >= 0.6 is 0 Å². The molecule has 0 aliphatic heterocycles. The van der Waals surface area contributed by atoms with Crippen LogP contribution in [0.15, 0.2) is 35.5 Å². The van der Waals surface area contributed by atoms with E-state index < -0.39 is 0 Å². The number of rotatable bonds is 7. The van der Waals surface area contributed by atoms with Crippen LogP contribution in [0.1, 0.15) is 32.3 Å². The lowest BCUT2D eigenvalue weighted by Gasteiger charge is -2.22. The number of nitrogens with zero attached hydrogens (tertiary/aromatic N) is 1. The maximum atomic E-state index is 8.65. The van der Waals surface area contributed by atoms with E-state index in [4.69, 9.17) is 15.7 Å². The van der Waals surface area contributed by atoms with E-state index in [2.05, 4.69) is 5.16 Å². The first-order chi connectivity index (χ1) is 8.56. The van der Waals surface area contributed by atoms with Crippen LogP contribution in [0.25, 0.3) is 0 Å². The van der Waals surface area contributed by atoms with Crippen molar-refractivity contribution < 1.29 is 9.94 Å². The van der Waals surface area contributed by atoms with Crippen molar-refractivity contribution in [3.63, 3.8) is 0 Å². The molecule has 1 rings (SSSR count). The molecule has 0 radical (unpaired) electrons. The highest BCUT2D eigenvalue weighted by atomic mass is 16.5. The van der Waals surface area contributed by atoms with Crippen LogP contribution < -0.4 is 5.73 Å².